The van der Waals surface area contributed by atoms with Gasteiger partial charge in [0.05, 0.1) is 23.9 Å². The molecule has 0 aliphatic rings. The van der Waals surface area contributed by atoms with E-state index in [1.807, 2.05) is 0 Å². The van der Waals surface area contributed by atoms with Crippen LogP contribution in [0.25, 0.3) is 11.0 Å². The number of anilines is 1. The van der Waals surface area contributed by atoms with Crippen molar-refractivity contribution in [3.05, 3.63) is 18.2 Å². The number of nitrogens with two attached hydrogens (primary N) is 1. The van der Waals surface area contributed by atoms with Gasteiger partial charge in [-0.1, -0.05) is 6.07 Å². The van der Waals surface area contributed by atoms with Gasteiger partial charge in [0.1, 0.15) is 5.52 Å². The highest BCUT2D eigenvalue weighted by molar-refractivity contribution is 7.91. The number of sulfone groups is 1. The van der Waals surface area contributed by atoms with Crippen molar-refractivity contribution >= 4 is 32.8 Å². The summed E-state index contributed by atoms with van der Waals surface area (Å²) in [5.74, 6) is -0.203. The maximum Gasteiger partial charge on any atom is 0.307 e. The SMILES string of the molecule is COC(=O)CCn1c(N)nc2c(S(C)(=O)=O)cccc21. The lowest BCUT2D eigenvalue weighted by Gasteiger charge is -2.05. The Labute approximate surface area is 116 Å². The molecule has 2 N–H and O–H groups in total. The third kappa shape index (κ3) is 2.60. The molecule has 0 atom stereocenters. The van der Waals surface area contributed by atoms with E-state index < -0.39 is 9.84 Å². The van der Waals surface area contributed by atoms with Crippen molar-refractivity contribution < 1.29 is 17.9 Å². The number of hydrogen-bond donors (Lipinski definition) is 1. The van der Waals surface area contributed by atoms with Gasteiger partial charge in [-0.25, -0.2) is 13.4 Å². The second-order valence-electron chi connectivity index (χ2n) is 4.34. The standard InChI is InChI=1S/C12H15N3O4S/c1-19-10(16)6-7-15-8-4-3-5-9(20(2,17)18)11(8)14-12(15)13/h3-5H,6-7H2,1-2H3,(H2,13,14). The Balaban J connectivity index is 2.53. The number of nitrogens with zero attached hydrogens (tertiary/aromatic N) is 2. The Morgan fingerprint density at radius 1 is 1.45 bits per heavy atom. The van der Waals surface area contributed by atoms with Gasteiger partial charge in [-0.05, 0) is 12.1 Å². The number of rotatable bonds is 4. The van der Waals surface area contributed by atoms with Gasteiger partial charge in [0.25, 0.3) is 0 Å². The zero-order valence-corrected chi connectivity index (χ0v) is 12.0. The maximum atomic E-state index is 11.7. The molecule has 1 aromatic carbocycles. The van der Waals surface area contributed by atoms with E-state index in [1.54, 1.807) is 16.7 Å². The number of esters is 1. The van der Waals surface area contributed by atoms with Crippen molar-refractivity contribution in [3.63, 3.8) is 0 Å². The molecule has 2 rings (SSSR count). The Morgan fingerprint density at radius 2 is 2.15 bits per heavy atom. The molecular weight excluding hydrogens is 282 g/mol. The molecule has 0 unspecified atom stereocenters. The van der Waals surface area contributed by atoms with Crippen molar-refractivity contribution in [2.24, 2.45) is 0 Å². The number of carbonyl (C=O) groups excluding carboxylic acids is 1. The third-order valence-corrected chi connectivity index (χ3v) is 4.07. The molecule has 0 aliphatic heterocycles. The van der Waals surface area contributed by atoms with Gasteiger partial charge < -0.3 is 15.0 Å². The number of carbonyl (C=O) groups is 1. The number of nitrogen functional groups attached to an aromatic ring is 1. The van der Waals surface area contributed by atoms with Gasteiger partial charge >= 0.3 is 5.97 Å². The first-order valence-electron chi connectivity index (χ1n) is 5.86. The number of aryl methyl sites for hydroxylation is 1. The van der Waals surface area contributed by atoms with Gasteiger partial charge in [0.15, 0.2) is 9.84 Å². The molecule has 7 nitrogen and oxygen atoms in total. The van der Waals surface area contributed by atoms with E-state index in [1.165, 1.54) is 13.2 Å². The minimum absolute atomic E-state index is 0.124. The number of ether oxygens (including phenoxy) is 1. The van der Waals surface area contributed by atoms with E-state index >= 15 is 0 Å². The maximum absolute atomic E-state index is 11.7. The lowest BCUT2D eigenvalue weighted by atomic mass is 10.3. The average Bonchev–Trinajstić information content (AvgIpc) is 2.70. The largest absolute Gasteiger partial charge is 0.469 e. The smallest absolute Gasteiger partial charge is 0.307 e. The molecule has 0 amide bonds. The molecule has 20 heavy (non-hydrogen) atoms. The Bertz CT molecular complexity index is 764. The van der Waals surface area contributed by atoms with Crippen LogP contribution in [0.1, 0.15) is 6.42 Å². The van der Waals surface area contributed by atoms with Crippen LogP contribution in [0.2, 0.25) is 0 Å². The second-order valence-corrected chi connectivity index (χ2v) is 6.33. The number of aromatic nitrogens is 2. The summed E-state index contributed by atoms with van der Waals surface area (Å²) in [6.45, 7) is 0.280. The summed E-state index contributed by atoms with van der Waals surface area (Å²) in [4.78, 5) is 15.4. The molecular formula is C12H15N3O4S. The van der Waals surface area contributed by atoms with Crippen LogP contribution in [-0.2, 0) is 25.9 Å². The summed E-state index contributed by atoms with van der Waals surface area (Å²) in [5.41, 5.74) is 6.69. The van der Waals surface area contributed by atoms with Crippen LogP contribution in [0.3, 0.4) is 0 Å². The number of imidazole rings is 1. The first kappa shape index (κ1) is 14.3. The van der Waals surface area contributed by atoms with Crippen LogP contribution in [0.15, 0.2) is 23.1 Å². The van der Waals surface area contributed by atoms with Crippen molar-refractivity contribution in [1.29, 1.82) is 0 Å². The molecule has 0 spiro atoms. The van der Waals surface area contributed by atoms with Gasteiger partial charge in [-0.3, -0.25) is 4.79 Å². The average molecular weight is 297 g/mol. The van der Waals surface area contributed by atoms with E-state index in [2.05, 4.69) is 9.72 Å². The Morgan fingerprint density at radius 3 is 2.75 bits per heavy atom. The fourth-order valence-electron chi connectivity index (χ4n) is 1.98. The topological polar surface area (TPSA) is 104 Å². The van der Waals surface area contributed by atoms with Crippen molar-refractivity contribution in [3.8, 4) is 0 Å². The summed E-state index contributed by atoms with van der Waals surface area (Å²) >= 11 is 0. The van der Waals surface area contributed by atoms with Gasteiger partial charge in [0, 0.05) is 12.8 Å². The third-order valence-electron chi connectivity index (χ3n) is 2.94. The fourth-order valence-corrected chi connectivity index (χ4v) is 2.81. The minimum atomic E-state index is -3.39. The Kier molecular flexibility index (Phi) is 3.67. The summed E-state index contributed by atoms with van der Waals surface area (Å²) in [7, 11) is -2.09. The first-order chi connectivity index (χ1) is 9.34. The zero-order valence-electron chi connectivity index (χ0n) is 11.2. The quantitative estimate of drug-likeness (QED) is 0.828. The molecule has 0 aliphatic carbocycles. The first-order valence-corrected chi connectivity index (χ1v) is 7.75. The van der Waals surface area contributed by atoms with Crippen LogP contribution in [0.5, 0.6) is 0 Å². The summed E-state index contributed by atoms with van der Waals surface area (Å²) in [5, 5.41) is 0. The van der Waals surface area contributed by atoms with E-state index in [-0.39, 0.29) is 29.8 Å². The lowest BCUT2D eigenvalue weighted by molar-refractivity contribution is -0.140. The summed E-state index contributed by atoms with van der Waals surface area (Å²) < 4.78 is 29.6. The van der Waals surface area contributed by atoms with Crippen LogP contribution in [-0.4, -0.2) is 37.3 Å². The molecule has 0 saturated carbocycles. The normalized spacial score (nSPS) is 11.7. The lowest BCUT2D eigenvalue weighted by Crippen LogP contribution is -2.09. The van der Waals surface area contributed by atoms with Crippen LogP contribution < -0.4 is 5.73 Å². The molecule has 8 heteroatoms. The number of hydrogen-bond acceptors (Lipinski definition) is 6. The van der Waals surface area contributed by atoms with Crippen LogP contribution >= 0.6 is 0 Å². The van der Waals surface area contributed by atoms with Crippen LogP contribution in [0, 0.1) is 0 Å². The zero-order chi connectivity index (χ0) is 14.9. The predicted molar refractivity (Wildman–Crippen MR) is 73.9 cm³/mol. The summed E-state index contributed by atoms with van der Waals surface area (Å²) in [6, 6.07) is 4.81. The molecule has 0 fully saturated rings. The number of fused-ring (bicyclic) bond motifs is 1. The molecule has 0 saturated heterocycles. The monoisotopic (exact) mass is 297 g/mol. The van der Waals surface area contributed by atoms with E-state index in [0.717, 1.165) is 6.26 Å². The van der Waals surface area contributed by atoms with E-state index in [4.69, 9.17) is 5.73 Å². The number of para-hydroxylation sites is 1. The second kappa shape index (κ2) is 5.12. The van der Waals surface area contributed by atoms with Gasteiger partial charge in [-0.2, -0.15) is 0 Å². The highest BCUT2D eigenvalue weighted by Gasteiger charge is 2.17. The fraction of sp³-hybridized carbons (Fsp3) is 0.333. The molecule has 1 aromatic heterocycles. The Hall–Kier alpha value is -2.09. The predicted octanol–water partition coefficient (Wildman–Crippen LogP) is 0.585. The number of methoxy groups -OCH3 is 1. The molecule has 108 valence electrons. The van der Waals surface area contributed by atoms with E-state index in [9.17, 15) is 13.2 Å². The summed E-state index contributed by atoms with van der Waals surface area (Å²) in [6.07, 6.45) is 1.25. The van der Waals surface area contributed by atoms with E-state index in [0.29, 0.717) is 11.0 Å². The highest BCUT2D eigenvalue weighted by atomic mass is 32.2. The molecule has 1 heterocycles. The minimum Gasteiger partial charge on any atom is -0.469 e. The van der Waals surface area contributed by atoms with Crippen molar-refractivity contribution in [2.45, 2.75) is 17.9 Å². The molecule has 0 radical (unpaired) electrons. The van der Waals surface area contributed by atoms with Gasteiger partial charge in [0.2, 0.25) is 5.95 Å². The van der Waals surface area contributed by atoms with Gasteiger partial charge in [-0.15, -0.1) is 0 Å². The number of benzene rings is 1. The van der Waals surface area contributed by atoms with Crippen molar-refractivity contribution in [2.75, 3.05) is 19.1 Å². The molecule has 0 bridgehead atoms. The highest BCUT2D eigenvalue weighted by Crippen LogP contribution is 2.25. The molecule has 2 aromatic rings. The van der Waals surface area contributed by atoms with Crippen molar-refractivity contribution in [1.82, 2.24) is 9.55 Å². The van der Waals surface area contributed by atoms with Crippen LogP contribution in [0.4, 0.5) is 5.95 Å².